The average molecular weight is 615 g/mol. The van der Waals surface area contributed by atoms with Crippen LogP contribution in [0.1, 0.15) is 70.9 Å². The van der Waals surface area contributed by atoms with E-state index in [-0.39, 0.29) is 54.7 Å². The van der Waals surface area contributed by atoms with Gasteiger partial charge in [-0.3, -0.25) is 4.79 Å². The van der Waals surface area contributed by atoms with E-state index in [1.807, 2.05) is 0 Å². The van der Waals surface area contributed by atoms with Crippen molar-refractivity contribution in [2.45, 2.75) is 93.1 Å². The smallest absolute Gasteiger partial charge is 0.435 e. The summed E-state index contributed by atoms with van der Waals surface area (Å²) < 4.78 is 139. The van der Waals surface area contributed by atoms with Crippen LogP contribution >= 0.6 is 0 Å². The Balaban J connectivity index is 2.09. The average Bonchev–Trinajstić information content (AvgIpc) is 2.81. The summed E-state index contributed by atoms with van der Waals surface area (Å²) in [5.41, 5.74) is -9.08. The van der Waals surface area contributed by atoms with Crippen LogP contribution in [0.4, 0.5) is 35.1 Å². The van der Waals surface area contributed by atoms with Crippen LogP contribution in [0.25, 0.3) is 0 Å². The van der Waals surface area contributed by atoms with Gasteiger partial charge in [-0.25, -0.2) is 17.2 Å². The molecule has 3 rings (SSSR count). The van der Waals surface area contributed by atoms with Gasteiger partial charge < -0.3 is 4.74 Å². The molecule has 0 bridgehead atoms. The van der Waals surface area contributed by atoms with Gasteiger partial charge in [0.25, 0.3) is 0 Å². The second kappa shape index (κ2) is 10.5. The Kier molecular flexibility index (Phi) is 8.43. The van der Waals surface area contributed by atoms with Crippen molar-refractivity contribution in [3.63, 3.8) is 0 Å². The largest absolute Gasteiger partial charge is 0.460 e. The highest BCUT2D eigenvalue weighted by Gasteiger charge is 2.73. The molecule has 2 aromatic carbocycles. The van der Waals surface area contributed by atoms with Gasteiger partial charge in [0.1, 0.15) is 16.2 Å². The van der Waals surface area contributed by atoms with Crippen molar-refractivity contribution >= 4 is 15.8 Å². The number of carbonyl (C=O) groups is 1. The monoisotopic (exact) mass is 614 g/mol. The highest BCUT2D eigenvalue weighted by Crippen LogP contribution is 2.56. The standard InChI is InChI=1S/C28H30F8O4S/c1-23(2,3)40-22(37)17-24(4)13-15-25(16-14-24,41(38,39)21-11-9-20(29)10-12-21)18-5-7-19(8-6-18)26(30,27(31,32)33)28(34,35)36/h5-12H,13-17H2,1-4H3. The van der Waals surface area contributed by atoms with Gasteiger partial charge in [0.05, 0.1) is 11.3 Å². The molecule has 0 radical (unpaired) electrons. The topological polar surface area (TPSA) is 60.4 Å². The quantitative estimate of drug-likeness (QED) is 0.188. The summed E-state index contributed by atoms with van der Waals surface area (Å²) in [6.07, 6.45) is -12.8. The van der Waals surface area contributed by atoms with Crippen LogP contribution in [0.15, 0.2) is 53.4 Å². The maximum absolute atomic E-state index is 14.6. The van der Waals surface area contributed by atoms with E-state index < -0.39 is 61.0 Å². The number of carbonyl (C=O) groups excluding carboxylic acids is 1. The second-order valence-electron chi connectivity index (χ2n) is 11.8. The minimum Gasteiger partial charge on any atom is -0.460 e. The Bertz CT molecular complexity index is 1330. The lowest BCUT2D eigenvalue weighted by atomic mass is 9.68. The van der Waals surface area contributed by atoms with Crippen LogP contribution in [0.2, 0.25) is 0 Å². The summed E-state index contributed by atoms with van der Waals surface area (Å²) in [4.78, 5) is 12.2. The van der Waals surface area contributed by atoms with Crippen molar-refractivity contribution in [3.8, 4) is 0 Å². The summed E-state index contributed by atoms with van der Waals surface area (Å²) >= 11 is 0. The highest BCUT2D eigenvalue weighted by molar-refractivity contribution is 7.92. The summed E-state index contributed by atoms with van der Waals surface area (Å²) in [7, 11) is -4.43. The summed E-state index contributed by atoms with van der Waals surface area (Å²) in [5.74, 6) is -1.24. The van der Waals surface area contributed by atoms with Crippen molar-refractivity contribution in [1.82, 2.24) is 0 Å². The van der Waals surface area contributed by atoms with Crippen LogP contribution in [0, 0.1) is 11.2 Å². The first-order valence-corrected chi connectivity index (χ1v) is 14.1. The second-order valence-corrected chi connectivity index (χ2v) is 14.0. The molecule has 1 aliphatic carbocycles. The first-order chi connectivity index (χ1) is 18.5. The van der Waals surface area contributed by atoms with Gasteiger partial charge in [-0.1, -0.05) is 31.2 Å². The normalized spacial score (nSPS) is 22.8. The van der Waals surface area contributed by atoms with Crippen LogP contribution in [0.3, 0.4) is 0 Å². The number of hydrogen-bond acceptors (Lipinski definition) is 4. The zero-order chi connectivity index (χ0) is 31.3. The Hall–Kier alpha value is -2.70. The van der Waals surface area contributed by atoms with E-state index in [2.05, 4.69) is 0 Å². The van der Waals surface area contributed by atoms with Gasteiger partial charge in [-0.15, -0.1) is 0 Å². The maximum atomic E-state index is 14.6. The maximum Gasteiger partial charge on any atom is 0.435 e. The molecule has 0 atom stereocenters. The fraction of sp³-hybridized carbons (Fsp3) is 0.536. The zero-order valence-corrected chi connectivity index (χ0v) is 23.5. The van der Waals surface area contributed by atoms with Crippen LogP contribution in [-0.4, -0.2) is 32.3 Å². The number of sulfone groups is 1. The first kappa shape index (κ1) is 32.8. The van der Waals surface area contributed by atoms with Crippen molar-refractivity contribution < 1.29 is 53.1 Å². The minimum atomic E-state index is -6.33. The van der Waals surface area contributed by atoms with E-state index in [0.717, 1.165) is 36.4 Å². The highest BCUT2D eigenvalue weighted by atomic mass is 32.2. The van der Waals surface area contributed by atoms with E-state index >= 15 is 0 Å². The summed E-state index contributed by atoms with van der Waals surface area (Å²) in [6.45, 7) is 6.80. The molecule has 1 aliphatic rings. The van der Waals surface area contributed by atoms with Gasteiger partial charge in [-0.05, 0) is 81.7 Å². The molecule has 0 heterocycles. The van der Waals surface area contributed by atoms with E-state index in [0.29, 0.717) is 0 Å². The molecule has 41 heavy (non-hydrogen) atoms. The molecule has 0 aliphatic heterocycles. The first-order valence-electron chi connectivity index (χ1n) is 12.6. The molecule has 0 N–H and O–H groups in total. The molecule has 1 saturated carbocycles. The SMILES string of the molecule is CC1(CC(=O)OC(C)(C)C)CCC(c2ccc(C(F)(C(F)(F)F)C(F)(F)F)cc2)(S(=O)(=O)c2ccc(F)cc2)CC1. The number of alkyl halides is 7. The van der Waals surface area contributed by atoms with E-state index in [9.17, 15) is 48.3 Å². The molecule has 0 unspecified atom stereocenters. The summed E-state index contributed by atoms with van der Waals surface area (Å²) in [6, 6.07) is 5.90. The molecule has 13 heteroatoms. The third-order valence-corrected chi connectivity index (χ3v) is 10.0. The van der Waals surface area contributed by atoms with Crippen molar-refractivity contribution in [3.05, 3.63) is 65.5 Å². The van der Waals surface area contributed by atoms with Gasteiger partial charge in [0, 0.05) is 5.56 Å². The molecular weight excluding hydrogens is 584 g/mol. The molecule has 0 spiro atoms. The van der Waals surface area contributed by atoms with Crippen molar-refractivity contribution in [1.29, 1.82) is 0 Å². The molecule has 0 saturated heterocycles. The van der Waals surface area contributed by atoms with E-state index in [1.165, 1.54) is 0 Å². The van der Waals surface area contributed by atoms with Gasteiger partial charge >= 0.3 is 24.0 Å². The number of rotatable bonds is 6. The lowest BCUT2D eigenvalue weighted by Crippen LogP contribution is -2.50. The molecule has 0 aromatic heterocycles. The van der Waals surface area contributed by atoms with E-state index in [1.54, 1.807) is 27.7 Å². The Labute approximate surface area is 233 Å². The van der Waals surface area contributed by atoms with Crippen molar-refractivity contribution in [2.75, 3.05) is 0 Å². The lowest BCUT2D eigenvalue weighted by Gasteiger charge is -2.44. The molecule has 4 nitrogen and oxygen atoms in total. The van der Waals surface area contributed by atoms with Gasteiger partial charge in [-0.2, -0.15) is 26.3 Å². The van der Waals surface area contributed by atoms with Crippen molar-refractivity contribution in [2.24, 2.45) is 5.41 Å². The van der Waals surface area contributed by atoms with Crippen LogP contribution < -0.4 is 0 Å². The Morgan fingerprint density at radius 2 is 1.27 bits per heavy atom. The summed E-state index contributed by atoms with van der Waals surface area (Å²) in [5, 5.41) is 0. The predicted molar refractivity (Wildman–Crippen MR) is 134 cm³/mol. The number of ether oxygens (including phenoxy) is 1. The number of benzene rings is 2. The third kappa shape index (κ3) is 6.24. The number of hydrogen-bond donors (Lipinski definition) is 0. The third-order valence-electron chi connectivity index (χ3n) is 7.48. The molecule has 228 valence electrons. The Morgan fingerprint density at radius 3 is 1.68 bits per heavy atom. The predicted octanol–water partition coefficient (Wildman–Crippen LogP) is 8.10. The van der Waals surface area contributed by atoms with Gasteiger partial charge in [0.2, 0.25) is 0 Å². The van der Waals surface area contributed by atoms with Gasteiger partial charge in [0.15, 0.2) is 9.84 Å². The molecule has 1 fully saturated rings. The van der Waals surface area contributed by atoms with Crippen LogP contribution in [-0.2, 0) is 29.8 Å². The lowest BCUT2D eigenvalue weighted by molar-refractivity contribution is -0.348. The molecule has 0 amide bonds. The number of halogens is 8. The molecular formula is C28H30F8O4S. The zero-order valence-electron chi connectivity index (χ0n) is 22.7. The van der Waals surface area contributed by atoms with E-state index in [4.69, 9.17) is 4.74 Å². The fourth-order valence-corrected chi connectivity index (χ4v) is 7.34. The fourth-order valence-electron chi connectivity index (χ4n) is 5.20. The number of esters is 1. The Morgan fingerprint density at radius 1 is 0.805 bits per heavy atom. The van der Waals surface area contributed by atoms with Crippen LogP contribution in [0.5, 0.6) is 0 Å². The molecule has 2 aromatic rings. The minimum absolute atomic E-state index is 0.0581.